The molecule has 10 heteroatoms. The predicted octanol–water partition coefficient (Wildman–Crippen LogP) is 3.98. The second-order valence-electron chi connectivity index (χ2n) is 5.18. The summed E-state index contributed by atoms with van der Waals surface area (Å²) in [6.07, 6.45) is 0. The Hall–Kier alpha value is -1.87. The average Bonchev–Trinajstić information content (AvgIpc) is 2.54. The lowest BCUT2D eigenvalue weighted by atomic mass is 10.1. The van der Waals surface area contributed by atoms with Crippen LogP contribution in [0.1, 0.15) is 18.5 Å². The molecular weight excluding hydrogens is 389 g/mol. The predicted molar refractivity (Wildman–Crippen MR) is 97.8 cm³/mol. The summed E-state index contributed by atoms with van der Waals surface area (Å²) in [6.45, 7) is 1.77. The molecule has 0 aliphatic carbocycles. The maximum atomic E-state index is 11.8. The van der Waals surface area contributed by atoms with E-state index in [9.17, 15) is 18.5 Å². The highest BCUT2D eigenvalue weighted by Crippen LogP contribution is 2.33. The third-order valence-corrected chi connectivity index (χ3v) is 5.52. The Morgan fingerprint density at radius 2 is 1.84 bits per heavy atom. The molecule has 0 bridgehead atoms. The molecular formula is C15H15Cl2N3O4S. The largest absolute Gasteiger partial charge is 0.373 e. The monoisotopic (exact) mass is 403 g/mol. The zero-order chi connectivity index (χ0) is 18.8. The van der Waals surface area contributed by atoms with Crippen LogP contribution < -0.4 is 10.0 Å². The number of anilines is 1. The fourth-order valence-electron chi connectivity index (χ4n) is 2.23. The van der Waals surface area contributed by atoms with Gasteiger partial charge in [0.1, 0.15) is 5.69 Å². The minimum Gasteiger partial charge on any atom is -0.373 e. The van der Waals surface area contributed by atoms with Gasteiger partial charge in [0.25, 0.3) is 5.69 Å². The van der Waals surface area contributed by atoms with Crippen LogP contribution in [-0.2, 0) is 10.0 Å². The first-order valence-electron chi connectivity index (χ1n) is 7.09. The molecule has 0 heterocycles. The Morgan fingerprint density at radius 1 is 1.16 bits per heavy atom. The fraction of sp³-hybridized carbons (Fsp3) is 0.200. The summed E-state index contributed by atoms with van der Waals surface area (Å²) in [7, 11) is -2.55. The summed E-state index contributed by atoms with van der Waals surface area (Å²) in [5.41, 5.74) is 0.527. The molecule has 2 aromatic rings. The van der Waals surface area contributed by atoms with E-state index in [0.29, 0.717) is 15.6 Å². The van der Waals surface area contributed by atoms with Crippen molar-refractivity contribution in [2.75, 3.05) is 12.4 Å². The van der Waals surface area contributed by atoms with E-state index in [-0.39, 0.29) is 22.3 Å². The number of nitrogens with one attached hydrogen (secondary N) is 2. The van der Waals surface area contributed by atoms with E-state index in [2.05, 4.69) is 10.0 Å². The van der Waals surface area contributed by atoms with E-state index in [4.69, 9.17) is 23.2 Å². The molecule has 0 saturated carbocycles. The van der Waals surface area contributed by atoms with Crippen LogP contribution in [0.2, 0.25) is 10.0 Å². The number of nitro groups is 1. The second-order valence-corrected chi connectivity index (χ2v) is 7.91. The number of hydrogen-bond acceptors (Lipinski definition) is 5. The summed E-state index contributed by atoms with van der Waals surface area (Å²) < 4.78 is 25.8. The lowest BCUT2D eigenvalue weighted by Gasteiger charge is -2.17. The topological polar surface area (TPSA) is 101 Å². The maximum Gasteiger partial charge on any atom is 0.293 e. The van der Waals surface area contributed by atoms with Crippen molar-refractivity contribution < 1.29 is 13.3 Å². The highest BCUT2D eigenvalue weighted by Gasteiger charge is 2.22. The number of rotatable bonds is 6. The van der Waals surface area contributed by atoms with E-state index in [1.807, 2.05) is 0 Å². The first-order valence-corrected chi connectivity index (χ1v) is 9.33. The highest BCUT2D eigenvalue weighted by molar-refractivity contribution is 7.89. The Kier molecular flexibility index (Phi) is 5.89. The van der Waals surface area contributed by atoms with Crippen LogP contribution >= 0.6 is 23.2 Å². The summed E-state index contributed by atoms with van der Waals surface area (Å²) >= 11 is 12.0. The number of halogens is 2. The first kappa shape index (κ1) is 19.5. The van der Waals surface area contributed by atoms with Gasteiger partial charge in [0.05, 0.1) is 15.9 Å². The molecule has 2 N–H and O–H groups in total. The van der Waals surface area contributed by atoms with Crippen molar-refractivity contribution in [3.8, 4) is 0 Å². The molecule has 2 aromatic carbocycles. The molecule has 0 saturated heterocycles. The minimum atomic E-state index is -3.78. The summed E-state index contributed by atoms with van der Waals surface area (Å²) in [5, 5.41) is 15.2. The molecule has 1 atom stereocenters. The smallest absolute Gasteiger partial charge is 0.293 e. The lowest BCUT2D eigenvalue weighted by Crippen LogP contribution is -2.19. The standard InChI is InChI=1S/C15H15Cl2N3O4S/c1-9(12-5-3-10(16)7-13(12)17)19-14-6-4-11(25(23,24)18-2)8-15(14)20(21)22/h3-9,18-19H,1-2H3/t9-/m1/s1. The van der Waals surface area contributed by atoms with Crippen molar-refractivity contribution in [1.29, 1.82) is 0 Å². The van der Waals surface area contributed by atoms with Crippen LogP contribution in [0.25, 0.3) is 0 Å². The number of sulfonamides is 1. The molecule has 0 aliphatic rings. The van der Waals surface area contributed by atoms with Crippen molar-refractivity contribution in [3.05, 3.63) is 62.1 Å². The Morgan fingerprint density at radius 3 is 2.40 bits per heavy atom. The van der Waals surface area contributed by atoms with Crippen molar-refractivity contribution in [1.82, 2.24) is 4.72 Å². The van der Waals surface area contributed by atoms with Gasteiger partial charge in [-0.15, -0.1) is 0 Å². The van der Waals surface area contributed by atoms with Crippen LogP contribution in [0, 0.1) is 10.1 Å². The molecule has 0 amide bonds. The molecule has 134 valence electrons. The van der Waals surface area contributed by atoms with Gasteiger partial charge < -0.3 is 5.32 Å². The quantitative estimate of drug-likeness (QED) is 0.560. The van der Waals surface area contributed by atoms with Gasteiger partial charge in [0, 0.05) is 16.1 Å². The van der Waals surface area contributed by atoms with E-state index in [0.717, 1.165) is 6.07 Å². The zero-order valence-corrected chi connectivity index (χ0v) is 15.6. The molecule has 0 aromatic heterocycles. The molecule has 0 aliphatic heterocycles. The molecule has 0 fully saturated rings. The van der Waals surface area contributed by atoms with Gasteiger partial charge in [0.15, 0.2) is 0 Å². The minimum absolute atomic E-state index is 0.179. The van der Waals surface area contributed by atoms with E-state index < -0.39 is 14.9 Å². The van der Waals surface area contributed by atoms with Gasteiger partial charge in [-0.3, -0.25) is 10.1 Å². The van der Waals surface area contributed by atoms with Gasteiger partial charge in [-0.05, 0) is 43.8 Å². The second kappa shape index (κ2) is 7.57. The molecule has 0 unspecified atom stereocenters. The lowest BCUT2D eigenvalue weighted by molar-refractivity contribution is -0.384. The number of hydrogen-bond donors (Lipinski definition) is 2. The van der Waals surface area contributed by atoms with Crippen molar-refractivity contribution in [2.24, 2.45) is 0 Å². The maximum absolute atomic E-state index is 11.8. The third kappa shape index (κ3) is 4.40. The summed E-state index contributed by atoms with van der Waals surface area (Å²) in [5.74, 6) is 0. The molecule has 7 nitrogen and oxygen atoms in total. The van der Waals surface area contributed by atoms with Crippen molar-refractivity contribution in [2.45, 2.75) is 17.9 Å². The number of nitrogens with zero attached hydrogens (tertiary/aromatic N) is 1. The van der Waals surface area contributed by atoms with Gasteiger partial charge in [-0.25, -0.2) is 13.1 Å². The molecule has 0 spiro atoms. The van der Waals surface area contributed by atoms with E-state index in [1.54, 1.807) is 25.1 Å². The molecule has 25 heavy (non-hydrogen) atoms. The summed E-state index contributed by atoms with van der Waals surface area (Å²) in [4.78, 5) is 10.5. The summed E-state index contributed by atoms with van der Waals surface area (Å²) in [6, 6.07) is 8.24. The first-order chi connectivity index (χ1) is 11.7. The Bertz CT molecular complexity index is 919. The molecule has 2 rings (SSSR count). The molecule has 0 radical (unpaired) electrons. The van der Waals surface area contributed by atoms with Gasteiger partial charge in [-0.2, -0.15) is 0 Å². The van der Waals surface area contributed by atoms with Crippen LogP contribution in [-0.4, -0.2) is 20.4 Å². The SMILES string of the molecule is CNS(=O)(=O)c1ccc(N[C@H](C)c2ccc(Cl)cc2Cl)c([N+](=O)[O-])c1. The van der Waals surface area contributed by atoms with Crippen LogP contribution in [0.3, 0.4) is 0 Å². The van der Waals surface area contributed by atoms with Crippen molar-refractivity contribution in [3.63, 3.8) is 0 Å². The Labute approximate surface area is 155 Å². The van der Waals surface area contributed by atoms with Crippen molar-refractivity contribution >= 4 is 44.6 Å². The van der Waals surface area contributed by atoms with E-state index in [1.165, 1.54) is 19.2 Å². The van der Waals surface area contributed by atoms with E-state index >= 15 is 0 Å². The zero-order valence-electron chi connectivity index (χ0n) is 13.3. The van der Waals surface area contributed by atoms with Crippen LogP contribution in [0.15, 0.2) is 41.3 Å². The Balaban J connectivity index is 2.40. The highest BCUT2D eigenvalue weighted by atomic mass is 35.5. The number of benzene rings is 2. The normalized spacial score (nSPS) is 12.6. The van der Waals surface area contributed by atoms with Crippen LogP contribution in [0.4, 0.5) is 11.4 Å². The van der Waals surface area contributed by atoms with Gasteiger partial charge >= 0.3 is 0 Å². The third-order valence-electron chi connectivity index (χ3n) is 3.55. The van der Waals surface area contributed by atoms with Gasteiger partial charge in [0.2, 0.25) is 10.0 Å². The fourth-order valence-corrected chi connectivity index (χ4v) is 3.56. The van der Waals surface area contributed by atoms with Gasteiger partial charge in [-0.1, -0.05) is 29.3 Å². The number of nitro benzene ring substituents is 1. The van der Waals surface area contributed by atoms with Crippen LogP contribution in [0.5, 0.6) is 0 Å². The average molecular weight is 404 g/mol.